The van der Waals surface area contributed by atoms with Crippen molar-refractivity contribution in [3.8, 4) is 0 Å². The molecular weight excluding hydrogens is 506 g/mol. The molecule has 3 atom stereocenters. The van der Waals surface area contributed by atoms with Crippen molar-refractivity contribution in [2.24, 2.45) is 5.92 Å². The predicted octanol–water partition coefficient (Wildman–Crippen LogP) is 6.25. The van der Waals surface area contributed by atoms with Gasteiger partial charge in [-0.05, 0) is 43.0 Å². The van der Waals surface area contributed by atoms with E-state index in [1.807, 2.05) is 0 Å². The van der Waals surface area contributed by atoms with Crippen LogP contribution < -0.4 is 10.2 Å². The maximum atomic E-state index is 14.9. The Morgan fingerprint density at radius 3 is 2.58 bits per heavy atom. The third-order valence-electron chi connectivity index (χ3n) is 5.70. The Kier molecular flexibility index (Phi) is 8.36. The first kappa shape index (κ1) is 24.0. The molecule has 1 aliphatic carbocycles. The second-order valence-electron chi connectivity index (χ2n) is 7.79. The van der Waals surface area contributed by atoms with Gasteiger partial charge in [-0.3, -0.25) is 14.5 Å². The number of anilines is 1. The van der Waals surface area contributed by atoms with Crippen molar-refractivity contribution in [1.29, 1.82) is 0 Å². The van der Waals surface area contributed by atoms with Crippen LogP contribution in [0.3, 0.4) is 0 Å². The highest BCUT2D eigenvalue weighted by Crippen LogP contribution is 2.35. The minimum atomic E-state index is -1.16. The number of nitrogens with one attached hydrogen (secondary N) is 1. The van der Waals surface area contributed by atoms with E-state index in [2.05, 4.69) is 28.2 Å². The Morgan fingerprint density at radius 1 is 1.23 bits per heavy atom. The molecule has 0 heterocycles. The molecule has 31 heavy (non-hydrogen) atoms. The zero-order chi connectivity index (χ0) is 22.5. The largest absolute Gasteiger partial charge is 0.351 e. The first-order valence-electron chi connectivity index (χ1n) is 10.2. The number of hydrogen-bond acceptors (Lipinski definition) is 2. The molecular formula is C23H24BrCl2FN2O2. The summed E-state index contributed by atoms with van der Waals surface area (Å²) in [6, 6.07) is 9.89. The SMILES string of the molecule is C[C@@H]1CCCC[C@@H]1NC(=O)[C@H](c1ccccc1Cl)N(C(=O)CCl)c1ccc(Br)cc1F. The summed E-state index contributed by atoms with van der Waals surface area (Å²) >= 11 is 15.5. The molecule has 0 bridgehead atoms. The number of carbonyl (C=O) groups is 2. The number of rotatable bonds is 6. The van der Waals surface area contributed by atoms with Crippen LogP contribution in [0, 0.1) is 11.7 Å². The van der Waals surface area contributed by atoms with Crippen LogP contribution in [-0.4, -0.2) is 23.7 Å². The molecule has 0 spiro atoms. The van der Waals surface area contributed by atoms with Crippen molar-refractivity contribution < 1.29 is 14.0 Å². The molecule has 2 aromatic rings. The lowest BCUT2D eigenvalue weighted by Crippen LogP contribution is -2.49. The second kappa shape index (κ2) is 10.8. The van der Waals surface area contributed by atoms with E-state index in [0.717, 1.165) is 30.6 Å². The van der Waals surface area contributed by atoms with E-state index in [-0.39, 0.29) is 11.7 Å². The lowest BCUT2D eigenvalue weighted by Gasteiger charge is -2.35. The summed E-state index contributed by atoms with van der Waals surface area (Å²) in [6.45, 7) is 2.10. The van der Waals surface area contributed by atoms with Gasteiger partial charge in [0.1, 0.15) is 17.7 Å². The average Bonchev–Trinajstić information content (AvgIpc) is 2.74. The summed E-state index contributed by atoms with van der Waals surface area (Å²) < 4.78 is 15.4. The fourth-order valence-electron chi connectivity index (χ4n) is 4.05. The monoisotopic (exact) mass is 528 g/mol. The zero-order valence-corrected chi connectivity index (χ0v) is 20.2. The molecule has 166 valence electrons. The van der Waals surface area contributed by atoms with E-state index in [0.29, 0.717) is 21.0 Å². The average molecular weight is 530 g/mol. The van der Waals surface area contributed by atoms with Crippen LogP contribution in [0.1, 0.15) is 44.2 Å². The Balaban J connectivity index is 2.09. The van der Waals surface area contributed by atoms with Crippen LogP contribution in [0.4, 0.5) is 10.1 Å². The smallest absolute Gasteiger partial charge is 0.248 e. The van der Waals surface area contributed by atoms with Crippen LogP contribution >= 0.6 is 39.1 Å². The number of amides is 2. The van der Waals surface area contributed by atoms with Crippen molar-refractivity contribution in [3.63, 3.8) is 0 Å². The van der Waals surface area contributed by atoms with Gasteiger partial charge in [-0.25, -0.2) is 4.39 Å². The molecule has 1 fully saturated rings. The van der Waals surface area contributed by atoms with Gasteiger partial charge < -0.3 is 5.32 Å². The lowest BCUT2D eigenvalue weighted by atomic mass is 9.85. The molecule has 0 radical (unpaired) electrons. The van der Waals surface area contributed by atoms with Gasteiger partial charge in [0.15, 0.2) is 0 Å². The van der Waals surface area contributed by atoms with Gasteiger partial charge in [0.05, 0.1) is 5.69 Å². The van der Waals surface area contributed by atoms with E-state index in [9.17, 15) is 14.0 Å². The lowest BCUT2D eigenvalue weighted by molar-refractivity contribution is -0.126. The molecule has 0 aromatic heterocycles. The van der Waals surface area contributed by atoms with Gasteiger partial charge in [0.25, 0.3) is 0 Å². The Hall–Kier alpha value is -1.63. The van der Waals surface area contributed by atoms with Gasteiger partial charge in [-0.15, -0.1) is 11.6 Å². The first-order valence-corrected chi connectivity index (χ1v) is 11.9. The number of benzene rings is 2. The standard InChI is InChI=1S/C23H24BrCl2FN2O2/c1-14-6-2-5-9-19(14)28-23(31)22(16-7-3-4-8-17(16)26)29(21(30)13-25)20-11-10-15(24)12-18(20)27/h3-4,7-8,10-12,14,19,22H,2,5-6,9,13H2,1H3,(H,28,31)/t14-,19+,22+/m1/s1. The highest BCUT2D eigenvalue weighted by atomic mass is 79.9. The Morgan fingerprint density at radius 2 is 1.94 bits per heavy atom. The van der Waals surface area contributed by atoms with Crippen molar-refractivity contribution in [1.82, 2.24) is 5.32 Å². The summed E-state index contributed by atoms with van der Waals surface area (Å²) in [4.78, 5) is 27.6. The number of halogens is 4. The quantitative estimate of drug-likeness (QED) is 0.449. The second-order valence-corrected chi connectivity index (χ2v) is 9.38. The molecule has 1 N–H and O–H groups in total. The number of hydrogen-bond donors (Lipinski definition) is 1. The molecule has 0 saturated heterocycles. The molecule has 1 saturated carbocycles. The summed E-state index contributed by atoms with van der Waals surface area (Å²) in [5.41, 5.74) is 0.372. The summed E-state index contributed by atoms with van der Waals surface area (Å²) in [7, 11) is 0. The normalized spacial score (nSPS) is 19.5. The molecule has 4 nitrogen and oxygen atoms in total. The van der Waals surface area contributed by atoms with Gasteiger partial charge in [-0.2, -0.15) is 0 Å². The zero-order valence-electron chi connectivity index (χ0n) is 17.1. The van der Waals surface area contributed by atoms with Gasteiger partial charge >= 0.3 is 0 Å². The summed E-state index contributed by atoms with van der Waals surface area (Å²) in [5, 5.41) is 3.40. The van der Waals surface area contributed by atoms with E-state index >= 15 is 0 Å². The minimum Gasteiger partial charge on any atom is -0.351 e. The number of nitrogens with zero attached hydrogens (tertiary/aromatic N) is 1. The third kappa shape index (κ3) is 5.60. The number of carbonyl (C=O) groups excluding carboxylic acids is 2. The summed E-state index contributed by atoms with van der Waals surface area (Å²) in [6.07, 6.45) is 4.03. The summed E-state index contributed by atoms with van der Waals surface area (Å²) in [5.74, 6) is -1.76. The molecule has 0 unspecified atom stereocenters. The third-order valence-corrected chi connectivity index (χ3v) is 6.76. The highest BCUT2D eigenvalue weighted by Gasteiger charge is 2.36. The Labute approximate surface area is 200 Å². The molecule has 0 aliphatic heterocycles. The number of alkyl halides is 1. The maximum Gasteiger partial charge on any atom is 0.248 e. The van der Waals surface area contributed by atoms with Crippen LogP contribution in [0.5, 0.6) is 0 Å². The van der Waals surface area contributed by atoms with Crippen molar-refractivity contribution in [2.45, 2.75) is 44.7 Å². The van der Waals surface area contributed by atoms with Crippen molar-refractivity contribution in [3.05, 3.63) is 63.3 Å². The van der Waals surface area contributed by atoms with Crippen molar-refractivity contribution >= 4 is 56.6 Å². The fourth-order valence-corrected chi connectivity index (χ4v) is 4.75. The van der Waals surface area contributed by atoms with Crippen molar-refractivity contribution in [2.75, 3.05) is 10.8 Å². The minimum absolute atomic E-state index is 0.0195. The van der Waals surface area contributed by atoms with Crippen LogP contribution in [-0.2, 0) is 9.59 Å². The van der Waals surface area contributed by atoms with Crippen LogP contribution in [0.2, 0.25) is 5.02 Å². The molecule has 8 heteroatoms. The Bertz CT molecular complexity index is 959. The van der Waals surface area contributed by atoms with Crippen LogP contribution in [0.15, 0.2) is 46.9 Å². The molecule has 2 aromatic carbocycles. The maximum absolute atomic E-state index is 14.9. The predicted molar refractivity (Wildman–Crippen MR) is 126 cm³/mol. The van der Waals surface area contributed by atoms with Gasteiger partial charge in [0, 0.05) is 21.1 Å². The van der Waals surface area contributed by atoms with E-state index in [1.54, 1.807) is 30.3 Å². The first-order chi connectivity index (χ1) is 14.8. The van der Waals surface area contributed by atoms with E-state index in [4.69, 9.17) is 23.2 Å². The van der Waals surface area contributed by atoms with Gasteiger partial charge in [0.2, 0.25) is 11.8 Å². The highest BCUT2D eigenvalue weighted by molar-refractivity contribution is 9.10. The topological polar surface area (TPSA) is 49.4 Å². The molecule has 2 amide bonds. The van der Waals surface area contributed by atoms with E-state index < -0.39 is 29.6 Å². The van der Waals surface area contributed by atoms with Crippen LogP contribution in [0.25, 0.3) is 0 Å². The fraction of sp³-hybridized carbons (Fsp3) is 0.391. The molecule has 3 rings (SSSR count). The van der Waals surface area contributed by atoms with E-state index in [1.165, 1.54) is 12.1 Å². The molecule has 1 aliphatic rings. The van der Waals surface area contributed by atoms with Gasteiger partial charge in [-0.1, -0.05) is 65.5 Å².